The zero-order valence-electron chi connectivity index (χ0n) is 16.9. The minimum Gasteiger partial charge on any atom is -0.340 e. The second-order valence-electron chi connectivity index (χ2n) is 6.64. The molecule has 1 atom stereocenters. The van der Waals surface area contributed by atoms with Gasteiger partial charge in [-0.1, -0.05) is 33.8 Å². The topological polar surface area (TPSA) is 108 Å². The van der Waals surface area contributed by atoms with Gasteiger partial charge in [-0.3, -0.25) is 9.59 Å². The summed E-state index contributed by atoms with van der Waals surface area (Å²) in [4.78, 5) is 29.3. The molecule has 0 aliphatic carbocycles. The molecule has 0 aliphatic heterocycles. The Balaban J connectivity index is 2.21. The standard InChI is InChI=1S/C19H26N4O4S2/c1-5-23(6-2)29(26,27)15-9-7-8-14(12-15)17(24)21-16(13(3)4)18(25)22-19-20-10-11-28-19/h7-13,16H,5-6H2,1-4H3,(H,21,24)(H,20,22,25)/t16-/m0/s1. The summed E-state index contributed by atoms with van der Waals surface area (Å²) in [5.41, 5.74) is 0.172. The second-order valence-corrected chi connectivity index (χ2v) is 9.47. The van der Waals surface area contributed by atoms with E-state index in [9.17, 15) is 18.0 Å². The number of carbonyl (C=O) groups excluding carboxylic acids is 2. The van der Waals surface area contributed by atoms with Gasteiger partial charge in [0.2, 0.25) is 15.9 Å². The van der Waals surface area contributed by atoms with E-state index in [-0.39, 0.29) is 22.3 Å². The van der Waals surface area contributed by atoms with E-state index in [1.807, 2.05) is 13.8 Å². The fraction of sp³-hybridized carbons (Fsp3) is 0.421. The molecule has 10 heteroatoms. The summed E-state index contributed by atoms with van der Waals surface area (Å²) in [6, 6.07) is 5.03. The van der Waals surface area contributed by atoms with Crippen LogP contribution >= 0.6 is 11.3 Å². The number of rotatable bonds is 9. The van der Waals surface area contributed by atoms with Gasteiger partial charge < -0.3 is 10.6 Å². The number of benzene rings is 1. The molecular weight excluding hydrogens is 412 g/mol. The van der Waals surface area contributed by atoms with Crippen molar-refractivity contribution in [2.75, 3.05) is 18.4 Å². The van der Waals surface area contributed by atoms with Crippen LogP contribution in [-0.4, -0.2) is 48.7 Å². The van der Waals surface area contributed by atoms with Crippen molar-refractivity contribution in [1.29, 1.82) is 0 Å². The average Bonchev–Trinajstić information content (AvgIpc) is 3.19. The maximum Gasteiger partial charge on any atom is 0.251 e. The molecule has 1 aromatic carbocycles. The molecule has 2 N–H and O–H groups in total. The number of sulfonamides is 1. The molecule has 1 heterocycles. The Labute approximate surface area is 175 Å². The summed E-state index contributed by atoms with van der Waals surface area (Å²) in [7, 11) is -3.69. The van der Waals surface area contributed by atoms with Crippen molar-refractivity contribution in [3.63, 3.8) is 0 Å². The highest BCUT2D eigenvalue weighted by Crippen LogP contribution is 2.18. The molecule has 2 amide bonds. The minimum atomic E-state index is -3.69. The molecule has 8 nitrogen and oxygen atoms in total. The van der Waals surface area contributed by atoms with Crippen molar-refractivity contribution in [3.8, 4) is 0 Å². The van der Waals surface area contributed by atoms with Gasteiger partial charge in [0, 0.05) is 30.2 Å². The van der Waals surface area contributed by atoms with E-state index >= 15 is 0 Å². The Hall–Kier alpha value is -2.30. The maximum atomic E-state index is 12.7. The quantitative estimate of drug-likeness (QED) is 0.625. The summed E-state index contributed by atoms with van der Waals surface area (Å²) in [5, 5.41) is 7.56. The fourth-order valence-electron chi connectivity index (χ4n) is 2.74. The lowest BCUT2D eigenvalue weighted by molar-refractivity contribution is -0.118. The Morgan fingerprint density at radius 1 is 1.21 bits per heavy atom. The first-order valence-corrected chi connectivity index (χ1v) is 11.6. The molecule has 2 rings (SSSR count). The predicted octanol–water partition coefficient (Wildman–Crippen LogP) is 2.57. The number of nitrogens with one attached hydrogen (secondary N) is 2. The van der Waals surface area contributed by atoms with Gasteiger partial charge in [-0.2, -0.15) is 4.31 Å². The van der Waals surface area contributed by atoms with Crippen LogP contribution in [0.25, 0.3) is 0 Å². The molecule has 0 aliphatic rings. The van der Waals surface area contributed by atoms with Gasteiger partial charge in [0.15, 0.2) is 5.13 Å². The zero-order valence-corrected chi connectivity index (χ0v) is 18.5. The number of amides is 2. The normalized spacial score (nSPS) is 12.8. The van der Waals surface area contributed by atoms with E-state index in [0.717, 1.165) is 0 Å². The summed E-state index contributed by atoms with van der Waals surface area (Å²) in [5.74, 6) is -1.08. The predicted molar refractivity (Wildman–Crippen MR) is 113 cm³/mol. The van der Waals surface area contributed by atoms with Crippen LogP contribution in [0.15, 0.2) is 40.7 Å². The van der Waals surface area contributed by atoms with Gasteiger partial charge in [-0.15, -0.1) is 11.3 Å². The van der Waals surface area contributed by atoms with E-state index in [0.29, 0.717) is 18.2 Å². The van der Waals surface area contributed by atoms with Crippen LogP contribution in [-0.2, 0) is 14.8 Å². The molecule has 0 saturated carbocycles. The molecule has 0 bridgehead atoms. The molecule has 0 saturated heterocycles. The molecule has 0 unspecified atom stereocenters. The molecule has 1 aromatic heterocycles. The Morgan fingerprint density at radius 3 is 2.45 bits per heavy atom. The highest BCUT2D eigenvalue weighted by atomic mass is 32.2. The number of hydrogen-bond acceptors (Lipinski definition) is 6. The summed E-state index contributed by atoms with van der Waals surface area (Å²) in [6.45, 7) is 7.81. The van der Waals surface area contributed by atoms with Crippen LogP contribution in [0.2, 0.25) is 0 Å². The Morgan fingerprint density at radius 2 is 1.90 bits per heavy atom. The summed E-state index contributed by atoms with van der Waals surface area (Å²) in [6.07, 6.45) is 1.57. The van der Waals surface area contributed by atoms with Crippen LogP contribution in [0.3, 0.4) is 0 Å². The monoisotopic (exact) mass is 438 g/mol. The van der Waals surface area contributed by atoms with Gasteiger partial charge in [-0.05, 0) is 24.1 Å². The highest BCUT2D eigenvalue weighted by molar-refractivity contribution is 7.89. The zero-order chi connectivity index (χ0) is 21.6. The molecule has 158 valence electrons. The summed E-state index contributed by atoms with van der Waals surface area (Å²) < 4.78 is 26.7. The Kier molecular flexibility index (Phi) is 7.88. The number of aromatic nitrogens is 1. The van der Waals surface area contributed by atoms with Crippen LogP contribution in [0.4, 0.5) is 5.13 Å². The van der Waals surface area contributed by atoms with Gasteiger partial charge in [0.25, 0.3) is 5.91 Å². The number of carbonyl (C=O) groups is 2. The molecule has 29 heavy (non-hydrogen) atoms. The minimum absolute atomic E-state index is 0.0437. The number of nitrogens with zero attached hydrogens (tertiary/aromatic N) is 2. The van der Waals surface area contributed by atoms with Crippen LogP contribution in [0.5, 0.6) is 0 Å². The lowest BCUT2D eigenvalue weighted by atomic mass is 10.0. The molecule has 0 radical (unpaired) electrons. The number of hydrogen-bond donors (Lipinski definition) is 2. The average molecular weight is 439 g/mol. The van der Waals surface area contributed by atoms with Crippen molar-refractivity contribution >= 4 is 38.3 Å². The third-order valence-corrected chi connectivity index (χ3v) is 7.07. The van der Waals surface area contributed by atoms with Crippen molar-refractivity contribution < 1.29 is 18.0 Å². The highest BCUT2D eigenvalue weighted by Gasteiger charge is 2.27. The second kappa shape index (κ2) is 9.95. The number of thiazole rings is 1. The van der Waals surface area contributed by atoms with Gasteiger partial charge >= 0.3 is 0 Å². The largest absolute Gasteiger partial charge is 0.340 e. The van der Waals surface area contributed by atoms with Gasteiger partial charge in [0.05, 0.1) is 4.90 Å². The van der Waals surface area contributed by atoms with Crippen LogP contribution in [0, 0.1) is 5.92 Å². The van der Waals surface area contributed by atoms with E-state index in [2.05, 4.69) is 15.6 Å². The van der Waals surface area contributed by atoms with Crippen molar-refractivity contribution in [3.05, 3.63) is 41.4 Å². The maximum absolute atomic E-state index is 12.7. The van der Waals surface area contributed by atoms with E-state index in [1.165, 1.54) is 39.9 Å². The van der Waals surface area contributed by atoms with Crippen molar-refractivity contribution in [2.45, 2.75) is 38.6 Å². The third kappa shape index (κ3) is 5.62. The first kappa shape index (κ1) is 23.0. The van der Waals surface area contributed by atoms with E-state index < -0.39 is 22.0 Å². The first-order valence-electron chi connectivity index (χ1n) is 9.32. The van der Waals surface area contributed by atoms with E-state index in [4.69, 9.17) is 0 Å². The SMILES string of the molecule is CCN(CC)S(=O)(=O)c1cccc(C(=O)N[C@H](C(=O)Nc2nccs2)C(C)C)c1. The third-order valence-electron chi connectivity index (χ3n) is 4.34. The van der Waals surface area contributed by atoms with Gasteiger partial charge in [-0.25, -0.2) is 13.4 Å². The number of anilines is 1. The van der Waals surface area contributed by atoms with Gasteiger partial charge in [0.1, 0.15) is 6.04 Å². The van der Waals surface area contributed by atoms with Crippen molar-refractivity contribution in [1.82, 2.24) is 14.6 Å². The molecule has 0 spiro atoms. The molecule has 0 fully saturated rings. The smallest absolute Gasteiger partial charge is 0.251 e. The summed E-state index contributed by atoms with van der Waals surface area (Å²) >= 11 is 1.28. The van der Waals surface area contributed by atoms with E-state index in [1.54, 1.807) is 25.4 Å². The van der Waals surface area contributed by atoms with Crippen LogP contribution in [0.1, 0.15) is 38.1 Å². The Bertz CT molecular complexity index is 939. The van der Waals surface area contributed by atoms with Crippen LogP contribution < -0.4 is 10.6 Å². The first-order chi connectivity index (χ1) is 13.7. The lowest BCUT2D eigenvalue weighted by Crippen LogP contribution is -2.47. The lowest BCUT2D eigenvalue weighted by Gasteiger charge is -2.22. The molecule has 2 aromatic rings. The van der Waals surface area contributed by atoms with Crippen molar-refractivity contribution in [2.24, 2.45) is 5.92 Å². The molecular formula is C19H26N4O4S2. The fourth-order valence-corrected chi connectivity index (χ4v) is 4.77.